The van der Waals surface area contributed by atoms with Crippen molar-refractivity contribution in [3.8, 4) is 0 Å². The molecule has 4 nitrogen and oxygen atoms in total. The number of hydrogen-bond acceptors (Lipinski definition) is 5. The first-order valence-electron chi connectivity index (χ1n) is 7.50. The van der Waals surface area contributed by atoms with Gasteiger partial charge in [-0.05, 0) is 43.6 Å². The van der Waals surface area contributed by atoms with Crippen molar-refractivity contribution in [1.82, 2.24) is 9.97 Å². The van der Waals surface area contributed by atoms with Crippen LogP contribution in [-0.2, 0) is 0 Å². The summed E-state index contributed by atoms with van der Waals surface area (Å²) in [4.78, 5) is 11.4. The van der Waals surface area contributed by atoms with Crippen molar-refractivity contribution >= 4 is 27.4 Å². The molecule has 5 heteroatoms. The smallest absolute Gasteiger partial charge is 0.150 e. The molecule has 0 aromatic carbocycles. The largest absolute Gasteiger partial charge is 0.352 e. The topological polar surface area (TPSA) is 55.0 Å². The van der Waals surface area contributed by atoms with Crippen LogP contribution in [-0.4, -0.2) is 28.6 Å². The van der Waals surface area contributed by atoms with Gasteiger partial charge in [0.05, 0.1) is 10.2 Å². The van der Waals surface area contributed by atoms with Crippen LogP contribution in [0.1, 0.15) is 39.0 Å². The highest BCUT2D eigenvalue weighted by molar-refractivity contribution is 7.17. The molecule has 1 aliphatic rings. The lowest BCUT2D eigenvalue weighted by atomic mass is 9.90. The van der Waals surface area contributed by atoms with E-state index in [1.54, 1.807) is 17.7 Å². The Labute approximate surface area is 124 Å². The van der Waals surface area contributed by atoms with Gasteiger partial charge in [0.2, 0.25) is 0 Å². The van der Waals surface area contributed by atoms with E-state index in [2.05, 4.69) is 33.2 Å². The van der Waals surface area contributed by atoms with Crippen LogP contribution in [0, 0.1) is 0 Å². The molecular weight excluding hydrogens is 268 g/mol. The number of rotatable bonds is 4. The third-order valence-electron chi connectivity index (χ3n) is 4.14. The highest BCUT2D eigenvalue weighted by Crippen LogP contribution is 2.32. The van der Waals surface area contributed by atoms with Crippen LogP contribution < -0.4 is 10.6 Å². The Morgan fingerprint density at radius 2 is 2.10 bits per heavy atom. The first kappa shape index (κ1) is 13.8. The van der Waals surface area contributed by atoms with Gasteiger partial charge in [-0.25, -0.2) is 9.97 Å². The summed E-state index contributed by atoms with van der Waals surface area (Å²) < 4.78 is 1.22. The molecule has 0 unspecified atom stereocenters. The molecule has 0 radical (unpaired) electrons. The molecule has 0 aliphatic heterocycles. The zero-order valence-corrected chi connectivity index (χ0v) is 12.8. The zero-order chi connectivity index (χ0) is 13.9. The predicted molar refractivity (Wildman–Crippen MR) is 85.3 cm³/mol. The van der Waals surface area contributed by atoms with E-state index in [1.807, 2.05) is 0 Å². The second-order valence-electron chi connectivity index (χ2n) is 5.59. The van der Waals surface area contributed by atoms with E-state index in [1.165, 1.54) is 17.5 Å². The fourth-order valence-corrected chi connectivity index (χ4v) is 3.95. The van der Waals surface area contributed by atoms with Gasteiger partial charge in [-0.1, -0.05) is 6.92 Å². The van der Waals surface area contributed by atoms with Crippen LogP contribution >= 0.6 is 11.3 Å². The highest BCUT2D eigenvalue weighted by Gasteiger charge is 2.26. The van der Waals surface area contributed by atoms with Gasteiger partial charge < -0.3 is 10.6 Å². The fourth-order valence-electron chi connectivity index (χ4n) is 3.10. The molecule has 0 bridgehead atoms. The Bertz CT molecular complexity index is 560. The number of nitrogens with zero attached hydrogens (tertiary/aromatic N) is 3. The minimum Gasteiger partial charge on any atom is -0.352 e. The number of anilines is 1. The van der Waals surface area contributed by atoms with Gasteiger partial charge in [-0.15, -0.1) is 11.3 Å². The summed E-state index contributed by atoms with van der Waals surface area (Å²) in [5.74, 6) is 1.12. The summed E-state index contributed by atoms with van der Waals surface area (Å²) >= 11 is 1.74. The SMILES string of the molecule is CCCN(c1ncnc2ccsc12)C1CCC(N)CC1. The highest BCUT2D eigenvalue weighted by atomic mass is 32.1. The summed E-state index contributed by atoms with van der Waals surface area (Å²) in [5.41, 5.74) is 7.11. The molecule has 108 valence electrons. The van der Waals surface area contributed by atoms with E-state index in [0.29, 0.717) is 12.1 Å². The molecule has 2 aromatic heterocycles. The third kappa shape index (κ3) is 2.65. The molecule has 1 fully saturated rings. The molecule has 20 heavy (non-hydrogen) atoms. The van der Waals surface area contributed by atoms with E-state index in [4.69, 9.17) is 5.73 Å². The van der Waals surface area contributed by atoms with Crippen molar-refractivity contribution in [1.29, 1.82) is 0 Å². The lowest BCUT2D eigenvalue weighted by Gasteiger charge is -2.37. The quantitative estimate of drug-likeness (QED) is 0.939. The van der Waals surface area contributed by atoms with Crippen molar-refractivity contribution in [3.63, 3.8) is 0 Å². The second kappa shape index (κ2) is 6.06. The summed E-state index contributed by atoms with van der Waals surface area (Å²) in [6.07, 6.45) is 7.45. The monoisotopic (exact) mass is 290 g/mol. The van der Waals surface area contributed by atoms with Crippen molar-refractivity contribution in [2.45, 2.75) is 51.1 Å². The van der Waals surface area contributed by atoms with E-state index < -0.39 is 0 Å². The van der Waals surface area contributed by atoms with Crippen molar-refractivity contribution < 1.29 is 0 Å². The molecular formula is C15H22N4S. The second-order valence-corrected chi connectivity index (χ2v) is 6.51. The Morgan fingerprint density at radius 1 is 1.30 bits per heavy atom. The number of aromatic nitrogens is 2. The minimum atomic E-state index is 0.391. The number of fused-ring (bicyclic) bond motifs is 1. The van der Waals surface area contributed by atoms with Crippen molar-refractivity contribution in [3.05, 3.63) is 17.8 Å². The Kier molecular flexibility index (Phi) is 4.17. The van der Waals surface area contributed by atoms with E-state index in [9.17, 15) is 0 Å². The molecule has 0 atom stereocenters. The van der Waals surface area contributed by atoms with Gasteiger partial charge in [0, 0.05) is 18.6 Å². The summed E-state index contributed by atoms with van der Waals surface area (Å²) in [6, 6.07) is 3.04. The lowest BCUT2D eigenvalue weighted by Crippen LogP contribution is -2.41. The predicted octanol–water partition coefficient (Wildman–Crippen LogP) is 3.18. The first-order chi connectivity index (χ1) is 9.79. The molecule has 0 spiro atoms. The molecule has 1 saturated carbocycles. The van der Waals surface area contributed by atoms with Crippen LogP contribution in [0.3, 0.4) is 0 Å². The zero-order valence-electron chi connectivity index (χ0n) is 12.0. The van der Waals surface area contributed by atoms with Crippen molar-refractivity contribution in [2.75, 3.05) is 11.4 Å². The molecule has 2 heterocycles. The fraction of sp³-hybridized carbons (Fsp3) is 0.600. The minimum absolute atomic E-state index is 0.391. The molecule has 2 aromatic rings. The van der Waals surface area contributed by atoms with Crippen LogP contribution in [0.25, 0.3) is 10.2 Å². The number of nitrogens with two attached hydrogens (primary N) is 1. The summed E-state index contributed by atoms with van der Waals surface area (Å²) in [6.45, 7) is 3.29. The maximum absolute atomic E-state index is 6.04. The van der Waals surface area contributed by atoms with Gasteiger partial charge in [0.15, 0.2) is 0 Å². The lowest BCUT2D eigenvalue weighted by molar-refractivity contribution is 0.374. The molecule has 2 N–H and O–H groups in total. The standard InChI is InChI=1S/C15H22N4S/c1-2-8-19(12-5-3-11(16)4-6-12)15-14-13(7-9-20-14)17-10-18-15/h7,9-12H,2-6,8,16H2,1H3. The number of hydrogen-bond donors (Lipinski definition) is 1. The van der Waals surface area contributed by atoms with Crippen LogP contribution in [0.5, 0.6) is 0 Å². The van der Waals surface area contributed by atoms with E-state index in [0.717, 1.165) is 37.1 Å². The normalized spacial score (nSPS) is 23.1. The molecule has 0 amide bonds. The Balaban J connectivity index is 1.91. The van der Waals surface area contributed by atoms with Gasteiger partial charge in [0.25, 0.3) is 0 Å². The average molecular weight is 290 g/mol. The molecule has 3 rings (SSSR count). The van der Waals surface area contributed by atoms with E-state index >= 15 is 0 Å². The first-order valence-corrected chi connectivity index (χ1v) is 8.38. The summed E-state index contributed by atoms with van der Waals surface area (Å²) in [7, 11) is 0. The maximum Gasteiger partial charge on any atom is 0.150 e. The molecule has 1 aliphatic carbocycles. The van der Waals surface area contributed by atoms with Gasteiger partial charge in [0.1, 0.15) is 12.1 Å². The van der Waals surface area contributed by atoms with E-state index in [-0.39, 0.29) is 0 Å². The van der Waals surface area contributed by atoms with Crippen LogP contribution in [0.15, 0.2) is 17.8 Å². The Morgan fingerprint density at radius 3 is 2.85 bits per heavy atom. The van der Waals surface area contributed by atoms with Gasteiger partial charge >= 0.3 is 0 Å². The average Bonchev–Trinajstić information content (AvgIpc) is 2.94. The summed E-state index contributed by atoms with van der Waals surface area (Å²) in [5, 5.41) is 2.10. The maximum atomic E-state index is 6.04. The molecule has 0 saturated heterocycles. The van der Waals surface area contributed by atoms with Gasteiger partial charge in [-0.2, -0.15) is 0 Å². The van der Waals surface area contributed by atoms with Gasteiger partial charge in [-0.3, -0.25) is 0 Å². The number of thiophene rings is 1. The van der Waals surface area contributed by atoms with Crippen LogP contribution in [0.4, 0.5) is 5.82 Å². The third-order valence-corrected chi connectivity index (χ3v) is 5.04. The van der Waals surface area contributed by atoms with Crippen molar-refractivity contribution in [2.24, 2.45) is 5.73 Å². The van der Waals surface area contributed by atoms with Crippen LogP contribution in [0.2, 0.25) is 0 Å². The Hall–Kier alpha value is -1.20.